The van der Waals surface area contributed by atoms with E-state index in [1.807, 2.05) is 6.20 Å². The van der Waals surface area contributed by atoms with Crippen molar-refractivity contribution in [3.8, 4) is 0 Å². The van der Waals surface area contributed by atoms with Crippen LogP contribution in [-0.2, 0) is 17.8 Å². The first-order valence-corrected chi connectivity index (χ1v) is 8.72. The maximum Gasteiger partial charge on any atom is 0.223 e. The van der Waals surface area contributed by atoms with Gasteiger partial charge in [-0.05, 0) is 11.8 Å². The molecule has 1 fully saturated rings. The molecule has 2 aromatic heterocycles. The van der Waals surface area contributed by atoms with E-state index in [1.54, 1.807) is 0 Å². The van der Waals surface area contributed by atoms with Gasteiger partial charge in [0.2, 0.25) is 5.91 Å². The summed E-state index contributed by atoms with van der Waals surface area (Å²) in [6, 6.07) is 0. The van der Waals surface area contributed by atoms with Crippen LogP contribution in [0.1, 0.15) is 24.5 Å². The minimum Gasteiger partial charge on any atom is -0.302 e. The minimum atomic E-state index is -0.403. The first-order chi connectivity index (χ1) is 11.5. The van der Waals surface area contributed by atoms with Gasteiger partial charge in [0, 0.05) is 44.1 Å². The minimum absolute atomic E-state index is 0.106. The van der Waals surface area contributed by atoms with E-state index in [0.29, 0.717) is 22.8 Å². The summed E-state index contributed by atoms with van der Waals surface area (Å²) in [5.41, 5.74) is 0. The van der Waals surface area contributed by atoms with Crippen molar-refractivity contribution >= 4 is 22.4 Å². The van der Waals surface area contributed by atoms with Crippen molar-refractivity contribution in [1.82, 2.24) is 19.9 Å². The van der Waals surface area contributed by atoms with Crippen molar-refractivity contribution in [2.45, 2.75) is 26.8 Å². The molecule has 2 atom stereocenters. The van der Waals surface area contributed by atoms with Crippen molar-refractivity contribution in [3.63, 3.8) is 0 Å². The summed E-state index contributed by atoms with van der Waals surface area (Å²) in [6.07, 6.45) is 5.02. The predicted molar refractivity (Wildman–Crippen MR) is 90.0 cm³/mol. The Kier molecular flexibility index (Phi) is 5.15. The van der Waals surface area contributed by atoms with Crippen LogP contribution in [-0.4, -0.2) is 38.8 Å². The lowest BCUT2D eigenvalue weighted by Crippen LogP contribution is -2.20. The number of hydrogen-bond acceptors (Lipinski definition) is 6. The molecule has 1 N–H and O–H groups in total. The molecule has 0 aliphatic carbocycles. The number of anilines is 1. The normalized spacial score (nSPS) is 21.1. The molecular weight excluding hydrogens is 329 g/mol. The fourth-order valence-electron chi connectivity index (χ4n) is 3.03. The Bertz CT molecular complexity index is 705. The van der Waals surface area contributed by atoms with E-state index in [9.17, 15) is 9.18 Å². The van der Waals surface area contributed by atoms with Gasteiger partial charge in [0.25, 0.3) is 0 Å². The molecule has 1 saturated heterocycles. The zero-order chi connectivity index (χ0) is 17.1. The summed E-state index contributed by atoms with van der Waals surface area (Å²) >= 11 is 1.51. The second kappa shape index (κ2) is 7.31. The van der Waals surface area contributed by atoms with E-state index in [1.165, 1.54) is 30.7 Å². The van der Waals surface area contributed by atoms with E-state index in [-0.39, 0.29) is 5.91 Å². The largest absolute Gasteiger partial charge is 0.302 e. The summed E-state index contributed by atoms with van der Waals surface area (Å²) in [7, 11) is 0. The molecule has 0 saturated carbocycles. The van der Waals surface area contributed by atoms with Gasteiger partial charge in [-0.25, -0.2) is 19.3 Å². The molecule has 6 nitrogen and oxygen atoms in total. The summed E-state index contributed by atoms with van der Waals surface area (Å²) in [5.74, 6) is 1.17. The first-order valence-electron chi connectivity index (χ1n) is 7.90. The van der Waals surface area contributed by atoms with E-state index in [2.05, 4.69) is 32.1 Å². The number of nitrogens with one attached hydrogen (secondary N) is 1. The second-order valence-electron chi connectivity index (χ2n) is 6.27. The molecule has 3 rings (SSSR count). The molecule has 1 aliphatic heterocycles. The van der Waals surface area contributed by atoms with Crippen LogP contribution in [0.15, 0.2) is 18.6 Å². The average Bonchev–Trinajstić information content (AvgIpc) is 3.08. The van der Waals surface area contributed by atoms with Gasteiger partial charge in [0.05, 0.1) is 12.4 Å². The van der Waals surface area contributed by atoms with Crippen LogP contribution in [0.5, 0.6) is 0 Å². The lowest BCUT2D eigenvalue weighted by atomic mass is 9.94. The number of carbonyl (C=O) groups is 1. The highest BCUT2D eigenvalue weighted by Crippen LogP contribution is 2.28. The van der Waals surface area contributed by atoms with Gasteiger partial charge in [-0.15, -0.1) is 11.3 Å². The summed E-state index contributed by atoms with van der Waals surface area (Å²) < 4.78 is 12.9. The quantitative estimate of drug-likeness (QED) is 0.897. The Balaban J connectivity index is 1.56. The zero-order valence-electron chi connectivity index (χ0n) is 13.7. The standard InChI is InChI=1S/C16H20FN5OS/c1-10-7-22(9-14-6-20-16(24-14)21-11(2)23)8-12(10)3-15-18-4-13(17)5-19-15/h4-6,10,12H,3,7-9H2,1-2H3,(H,20,21,23). The summed E-state index contributed by atoms with van der Waals surface area (Å²) in [6.45, 7) is 6.48. The van der Waals surface area contributed by atoms with Gasteiger partial charge < -0.3 is 5.32 Å². The number of rotatable bonds is 5. The molecule has 8 heteroatoms. The Morgan fingerprint density at radius 2 is 2.08 bits per heavy atom. The highest BCUT2D eigenvalue weighted by Gasteiger charge is 2.30. The van der Waals surface area contributed by atoms with Gasteiger partial charge in [0.15, 0.2) is 10.9 Å². The molecule has 1 aliphatic rings. The van der Waals surface area contributed by atoms with Crippen molar-refractivity contribution in [2.75, 3.05) is 18.4 Å². The molecule has 0 bridgehead atoms. The van der Waals surface area contributed by atoms with E-state index < -0.39 is 5.82 Å². The maximum atomic E-state index is 12.9. The third kappa shape index (κ3) is 4.33. The topological polar surface area (TPSA) is 71.0 Å². The molecule has 3 heterocycles. The number of halogens is 1. The third-order valence-electron chi connectivity index (χ3n) is 4.18. The molecule has 0 radical (unpaired) electrons. The van der Waals surface area contributed by atoms with E-state index in [0.717, 1.165) is 30.9 Å². The molecule has 2 aromatic rings. The molecule has 0 spiro atoms. The van der Waals surface area contributed by atoms with Crippen molar-refractivity contribution in [3.05, 3.63) is 35.1 Å². The van der Waals surface area contributed by atoms with E-state index >= 15 is 0 Å². The van der Waals surface area contributed by atoms with Crippen LogP contribution < -0.4 is 5.32 Å². The molecule has 1 amide bonds. The first kappa shape index (κ1) is 16.9. The van der Waals surface area contributed by atoms with Crippen LogP contribution in [0.25, 0.3) is 0 Å². The number of carbonyl (C=O) groups excluding carboxylic acids is 1. The third-order valence-corrected chi connectivity index (χ3v) is 5.08. The van der Waals surface area contributed by atoms with E-state index in [4.69, 9.17) is 0 Å². The van der Waals surface area contributed by atoms with Gasteiger partial charge >= 0.3 is 0 Å². The zero-order valence-corrected chi connectivity index (χ0v) is 14.5. The number of amides is 1. The monoisotopic (exact) mass is 349 g/mol. The van der Waals surface area contributed by atoms with Crippen LogP contribution in [0.2, 0.25) is 0 Å². The Morgan fingerprint density at radius 1 is 1.33 bits per heavy atom. The fraction of sp³-hybridized carbons (Fsp3) is 0.500. The SMILES string of the molecule is CC(=O)Nc1ncc(CN2CC(C)C(Cc3ncc(F)cn3)C2)s1. The summed E-state index contributed by atoms with van der Waals surface area (Å²) in [5, 5.41) is 3.35. The van der Waals surface area contributed by atoms with Crippen molar-refractivity contribution in [2.24, 2.45) is 11.8 Å². The predicted octanol–water partition coefficient (Wildman–Crippen LogP) is 2.34. The van der Waals surface area contributed by atoms with Gasteiger partial charge in [-0.2, -0.15) is 0 Å². The van der Waals surface area contributed by atoms with Crippen LogP contribution in [0.4, 0.5) is 9.52 Å². The highest BCUT2D eigenvalue weighted by atomic mass is 32.1. The molecule has 128 valence electrons. The van der Waals surface area contributed by atoms with Gasteiger partial charge in [-0.1, -0.05) is 6.92 Å². The average molecular weight is 349 g/mol. The molecule has 0 aromatic carbocycles. The van der Waals surface area contributed by atoms with Gasteiger partial charge in [-0.3, -0.25) is 9.69 Å². The molecular formula is C16H20FN5OS. The summed E-state index contributed by atoms with van der Waals surface area (Å²) in [4.78, 5) is 26.9. The lowest BCUT2D eigenvalue weighted by Gasteiger charge is -2.14. The highest BCUT2D eigenvalue weighted by molar-refractivity contribution is 7.15. The number of nitrogens with zero attached hydrogens (tertiary/aromatic N) is 4. The van der Waals surface area contributed by atoms with Crippen LogP contribution in [0.3, 0.4) is 0 Å². The van der Waals surface area contributed by atoms with Crippen LogP contribution in [0, 0.1) is 17.7 Å². The Hall–Kier alpha value is -1.93. The van der Waals surface area contributed by atoms with Crippen LogP contribution >= 0.6 is 11.3 Å². The Labute approximate surface area is 144 Å². The number of likely N-dealkylation sites (tertiary alicyclic amines) is 1. The maximum absolute atomic E-state index is 12.9. The lowest BCUT2D eigenvalue weighted by molar-refractivity contribution is -0.114. The van der Waals surface area contributed by atoms with Crippen molar-refractivity contribution in [1.29, 1.82) is 0 Å². The smallest absolute Gasteiger partial charge is 0.223 e. The number of aromatic nitrogens is 3. The van der Waals surface area contributed by atoms with Gasteiger partial charge in [0.1, 0.15) is 5.82 Å². The number of hydrogen-bond donors (Lipinski definition) is 1. The Morgan fingerprint density at radius 3 is 2.79 bits per heavy atom. The fourth-order valence-corrected chi connectivity index (χ4v) is 3.93. The number of thiazole rings is 1. The molecule has 24 heavy (non-hydrogen) atoms. The second-order valence-corrected chi connectivity index (χ2v) is 7.38. The molecule has 2 unspecified atom stereocenters. The van der Waals surface area contributed by atoms with Crippen molar-refractivity contribution < 1.29 is 9.18 Å².